The molecule has 0 unspecified atom stereocenters. The molecule has 1 aromatic carbocycles. The molecule has 0 radical (unpaired) electrons. The van der Waals surface area contributed by atoms with Gasteiger partial charge in [-0.25, -0.2) is 4.68 Å². The van der Waals surface area contributed by atoms with Crippen LogP contribution in [0.2, 0.25) is 10.0 Å². The summed E-state index contributed by atoms with van der Waals surface area (Å²) in [6, 6.07) is 5.09. The summed E-state index contributed by atoms with van der Waals surface area (Å²) in [5.41, 5.74) is 0.642. The third-order valence-corrected chi connectivity index (χ3v) is 5.86. The molecule has 0 spiro atoms. The number of hydrogen-bond acceptors (Lipinski definition) is 5. The number of carbonyl (C=O) groups is 1. The summed E-state index contributed by atoms with van der Waals surface area (Å²) in [5, 5.41) is 9.65. The molecule has 140 valence electrons. The lowest BCUT2D eigenvalue weighted by Gasteiger charge is -2.34. The van der Waals surface area contributed by atoms with Crippen molar-refractivity contribution in [1.82, 2.24) is 19.8 Å². The van der Waals surface area contributed by atoms with Crippen molar-refractivity contribution in [3.63, 3.8) is 0 Å². The van der Waals surface area contributed by atoms with Crippen molar-refractivity contribution in [2.24, 2.45) is 11.8 Å². The van der Waals surface area contributed by atoms with Gasteiger partial charge in [0.1, 0.15) is 0 Å². The fraction of sp³-hybridized carbons (Fsp3) is 0.471. The Balaban J connectivity index is 1.68. The van der Waals surface area contributed by atoms with E-state index in [1.54, 1.807) is 18.2 Å². The highest BCUT2D eigenvalue weighted by Gasteiger charge is 2.26. The molecule has 1 aliphatic heterocycles. The molecule has 1 fully saturated rings. The molecule has 0 bridgehead atoms. The summed E-state index contributed by atoms with van der Waals surface area (Å²) < 4.78 is 1.36. The summed E-state index contributed by atoms with van der Waals surface area (Å²) >= 11 is 13.4. The smallest absolute Gasteiger partial charge is 0.233 e. The predicted molar refractivity (Wildman–Crippen MR) is 106 cm³/mol. The van der Waals surface area contributed by atoms with E-state index < -0.39 is 0 Å². The molecule has 1 amide bonds. The number of benzene rings is 1. The first-order chi connectivity index (χ1) is 12.3. The van der Waals surface area contributed by atoms with Crippen LogP contribution in [0.15, 0.2) is 23.4 Å². The minimum absolute atomic E-state index is 0.0995. The van der Waals surface area contributed by atoms with Crippen molar-refractivity contribution in [2.45, 2.75) is 25.4 Å². The van der Waals surface area contributed by atoms with Gasteiger partial charge in [0.15, 0.2) is 5.82 Å². The summed E-state index contributed by atoms with van der Waals surface area (Å²) in [6.07, 6.45) is 1.17. The van der Waals surface area contributed by atoms with E-state index in [1.807, 2.05) is 4.90 Å². The van der Waals surface area contributed by atoms with Crippen LogP contribution in [0.25, 0.3) is 11.4 Å². The first-order valence-corrected chi connectivity index (χ1v) is 10.2. The van der Waals surface area contributed by atoms with Crippen LogP contribution in [0.4, 0.5) is 0 Å². The number of thioether (sulfide) groups is 1. The average molecular weight is 414 g/mol. The second kappa shape index (κ2) is 8.06. The van der Waals surface area contributed by atoms with Gasteiger partial charge in [-0.15, -0.1) is 10.2 Å². The standard InChI is InChI=1S/C17H21Cl2N5OS/c1-10-5-11(2)8-23(7-10)15(25)9-26-17-22-21-16(24(17)20)13-4-3-12(18)6-14(13)19/h3-4,6,10-11H,5,7-9,20H2,1-2H3/t10-,11-/m0/s1. The van der Waals surface area contributed by atoms with Crippen LogP contribution >= 0.6 is 35.0 Å². The van der Waals surface area contributed by atoms with Crippen molar-refractivity contribution in [3.05, 3.63) is 28.2 Å². The highest BCUT2D eigenvalue weighted by Crippen LogP contribution is 2.30. The normalized spacial score (nSPS) is 20.4. The zero-order valence-electron chi connectivity index (χ0n) is 14.7. The van der Waals surface area contributed by atoms with E-state index in [4.69, 9.17) is 29.0 Å². The lowest BCUT2D eigenvalue weighted by Crippen LogP contribution is -2.43. The minimum atomic E-state index is 0.0995. The molecule has 2 atom stereocenters. The van der Waals surface area contributed by atoms with Crippen LogP contribution in [-0.2, 0) is 4.79 Å². The number of hydrogen-bond donors (Lipinski definition) is 1. The molecule has 6 nitrogen and oxygen atoms in total. The van der Waals surface area contributed by atoms with Crippen LogP contribution in [0.1, 0.15) is 20.3 Å². The Bertz CT molecular complexity index is 802. The Hall–Kier alpha value is -1.44. The third kappa shape index (κ3) is 4.27. The molecule has 2 heterocycles. The molecular weight excluding hydrogens is 393 g/mol. The Morgan fingerprint density at radius 2 is 1.96 bits per heavy atom. The Morgan fingerprint density at radius 1 is 1.27 bits per heavy atom. The first kappa shape index (κ1) is 19.3. The molecule has 1 aliphatic rings. The van der Waals surface area contributed by atoms with Gasteiger partial charge in [-0.1, -0.05) is 48.8 Å². The fourth-order valence-corrected chi connectivity index (χ4v) is 4.57. The molecule has 1 saturated heterocycles. The molecule has 3 rings (SSSR count). The fourth-order valence-electron chi connectivity index (χ4n) is 3.31. The van der Waals surface area contributed by atoms with Gasteiger partial charge < -0.3 is 10.7 Å². The Labute approximate surface area is 167 Å². The maximum absolute atomic E-state index is 12.5. The van der Waals surface area contributed by atoms with E-state index in [0.717, 1.165) is 13.1 Å². The van der Waals surface area contributed by atoms with Crippen molar-refractivity contribution >= 4 is 40.9 Å². The van der Waals surface area contributed by atoms with Crippen molar-refractivity contribution in [1.29, 1.82) is 0 Å². The lowest BCUT2D eigenvalue weighted by molar-refractivity contribution is -0.130. The topological polar surface area (TPSA) is 77.0 Å². The number of aromatic nitrogens is 3. The van der Waals surface area contributed by atoms with Gasteiger partial charge in [0, 0.05) is 23.7 Å². The summed E-state index contributed by atoms with van der Waals surface area (Å²) in [6.45, 7) is 5.98. The van der Waals surface area contributed by atoms with Gasteiger partial charge in [0.2, 0.25) is 11.1 Å². The third-order valence-electron chi connectivity index (χ3n) is 4.38. The van der Waals surface area contributed by atoms with E-state index in [0.29, 0.717) is 38.4 Å². The lowest BCUT2D eigenvalue weighted by atomic mass is 9.92. The number of nitrogens with zero attached hydrogens (tertiary/aromatic N) is 4. The van der Waals surface area contributed by atoms with Crippen LogP contribution in [0, 0.1) is 11.8 Å². The quantitative estimate of drug-likeness (QED) is 0.612. The Kier molecular flexibility index (Phi) is 5.99. The highest BCUT2D eigenvalue weighted by molar-refractivity contribution is 7.99. The largest absolute Gasteiger partial charge is 0.341 e. The van der Waals surface area contributed by atoms with Gasteiger partial charge in [-0.2, -0.15) is 0 Å². The summed E-state index contributed by atoms with van der Waals surface area (Å²) in [4.78, 5) is 14.4. The molecule has 9 heteroatoms. The monoisotopic (exact) mass is 413 g/mol. The summed E-state index contributed by atoms with van der Waals surface area (Å²) in [5.74, 6) is 7.98. The molecule has 0 saturated carbocycles. The minimum Gasteiger partial charge on any atom is -0.341 e. The number of carbonyl (C=O) groups excluding carboxylic acids is 1. The molecular formula is C17H21Cl2N5OS. The van der Waals surface area contributed by atoms with Crippen molar-refractivity contribution < 1.29 is 4.79 Å². The molecule has 2 N–H and O–H groups in total. The second-order valence-corrected chi connectivity index (χ2v) is 8.62. The maximum atomic E-state index is 12.5. The SMILES string of the molecule is C[C@H]1C[C@H](C)CN(C(=O)CSc2nnc(-c3ccc(Cl)cc3Cl)n2N)C1. The number of rotatable bonds is 4. The van der Waals surface area contributed by atoms with E-state index in [2.05, 4.69) is 24.0 Å². The first-order valence-electron chi connectivity index (χ1n) is 8.41. The van der Waals surface area contributed by atoms with Gasteiger partial charge >= 0.3 is 0 Å². The Morgan fingerprint density at radius 3 is 2.62 bits per heavy atom. The van der Waals surface area contributed by atoms with E-state index in [-0.39, 0.29) is 11.7 Å². The molecule has 0 aliphatic carbocycles. The zero-order chi connectivity index (χ0) is 18.8. The number of amides is 1. The van der Waals surface area contributed by atoms with Crippen LogP contribution in [0.3, 0.4) is 0 Å². The number of nitrogens with two attached hydrogens (primary N) is 1. The second-order valence-electron chi connectivity index (χ2n) is 6.83. The van der Waals surface area contributed by atoms with Gasteiger partial charge in [0.25, 0.3) is 0 Å². The average Bonchev–Trinajstić information content (AvgIpc) is 2.92. The highest BCUT2D eigenvalue weighted by atomic mass is 35.5. The van der Waals surface area contributed by atoms with Crippen LogP contribution in [0.5, 0.6) is 0 Å². The maximum Gasteiger partial charge on any atom is 0.233 e. The predicted octanol–water partition coefficient (Wildman–Crippen LogP) is 3.56. The number of halogens is 2. The van der Waals surface area contributed by atoms with E-state index >= 15 is 0 Å². The number of piperidine rings is 1. The molecule has 1 aromatic heterocycles. The van der Waals surface area contributed by atoms with Gasteiger partial charge in [-0.3, -0.25) is 4.79 Å². The van der Waals surface area contributed by atoms with E-state index in [1.165, 1.54) is 22.9 Å². The van der Waals surface area contributed by atoms with E-state index in [9.17, 15) is 4.79 Å². The van der Waals surface area contributed by atoms with Gasteiger partial charge in [-0.05, 0) is 36.5 Å². The summed E-state index contributed by atoms with van der Waals surface area (Å²) in [7, 11) is 0. The molecule has 2 aromatic rings. The van der Waals surface area contributed by atoms with Gasteiger partial charge in [0.05, 0.1) is 10.8 Å². The number of likely N-dealkylation sites (tertiary alicyclic amines) is 1. The van der Waals surface area contributed by atoms with Crippen LogP contribution < -0.4 is 5.84 Å². The van der Waals surface area contributed by atoms with Crippen LogP contribution in [-0.4, -0.2) is 44.5 Å². The van der Waals surface area contributed by atoms with Crippen molar-refractivity contribution in [3.8, 4) is 11.4 Å². The number of nitrogen functional groups attached to an aromatic ring is 1. The van der Waals surface area contributed by atoms with Crippen molar-refractivity contribution in [2.75, 3.05) is 24.7 Å². The zero-order valence-corrected chi connectivity index (χ0v) is 17.0. The molecule has 26 heavy (non-hydrogen) atoms.